The average molecular weight is 375 g/mol. The largest absolute Gasteiger partial charge is 0.451 e. The van der Waals surface area contributed by atoms with Crippen molar-refractivity contribution in [3.05, 3.63) is 89.7 Å². The topological polar surface area (TPSA) is 60.1 Å². The molecule has 140 valence electrons. The third-order valence-corrected chi connectivity index (χ3v) is 4.50. The predicted molar refractivity (Wildman–Crippen MR) is 105 cm³/mol. The fourth-order valence-electron chi connectivity index (χ4n) is 3.09. The molecule has 0 spiro atoms. The molecule has 2 aromatic heterocycles. The number of amides is 1. The number of hydrogen-bond acceptors (Lipinski definition) is 3. The first kappa shape index (κ1) is 17.7. The molecule has 2 aromatic carbocycles. The van der Waals surface area contributed by atoms with Gasteiger partial charge in [0.2, 0.25) is 0 Å². The molecule has 0 unspecified atom stereocenters. The molecule has 6 heteroatoms. The van der Waals surface area contributed by atoms with Crippen molar-refractivity contribution < 1.29 is 13.6 Å². The van der Waals surface area contributed by atoms with Crippen LogP contribution in [0.15, 0.2) is 71.1 Å². The zero-order valence-electron chi connectivity index (χ0n) is 15.4. The van der Waals surface area contributed by atoms with E-state index in [1.807, 2.05) is 44.2 Å². The summed E-state index contributed by atoms with van der Waals surface area (Å²) in [6.07, 6.45) is 0. The number of hydrogen-bond donors (Lipinski definition) is 1. The number of halogens is 1. The molecule has 0 radical (unpaired) electrons. The van der Waals surface area contributed by atoms with Gasteiger partial charge in [-0.15, -0.1) is 0 Å². The Bertz CT molecular complexity index is 1150. The molecule has 0 aliphatic rings. The van der Waals surface area contributed by atoms with E-state index < -0.39 is 11.7 Å². The molecular weight excluding hydrogens is 357 g/mol. The molecule has 0 aliphatic carbocycles. The number of carbonyl (C=O) groups is 1. The molecule has 1 amide bonds. The molecule has 0 saturated heterocycles. The molecule has 2 heterocycles. The van der Waals surface area contributed by atoms with E-state index in [0.29, 0.717) is 22.7 Å². The lowest BCUT2D eigenvalue weighted by Crippen LogP contribution is -2.12. The van der Waals surface area contributed by atoms with Crippen molar-refractivity contribution in [2.24, 2.45) is 0 Å². The second kappa shape index (κ2) is 7.15. The summed E-state index contributed by atoms with van der Waals surface area (Å²) in [7, 11) is 0. The molecule has 0 atom stereocenters. The predicted octanol–water partition coefficient (Wildman–Crippen LogP) is 5.14. The van der Waals surface area contributed by atoms with Crippen LogP contribution in [0.3, 0.4) is 0 Å². The summed E-state index contributed by atoms with van der Waals surface area (Å²) in [6.45, 7) is 3.71. The van der Waals surface area contributed by atoms with Gasteiger partial charge in [0, 0.05) is 0 Å². The molecule has 1 N–H and O–H groups in total. The van der Waals surface area contributed by atoms with Crippen molar-refractivity contribution in [1.29, 1.82) is 0 Å². The van der Waals surface area contributed by atoms with Gasteiger partial charge in [0.1, 0.15) is 11.6 Å². The van der Waals surface area contributed by atoms with Gasteiger partial charge in [-0.3, -0.25) is 4.79 Å². The Morgan fingerprint density at radius 1 is 1.00 bits per heavy atom. The number of carbonyl (C=O) groups excluding carboxylic acids is 1. The van der Waals surface area contributed by atoms with Gasteiger partial charge < -0.3 is 9.73 Å². The fraction of sp³-hybridized carbons (Fsp3) is 0.0909. The smallest absolute Gasteiger partial charge is 0.291 e. The van der Waals surface area contributed by atoms with Crippen molar-refractivity contribution in [1.82, 2.24) is 9.78 Å². The number of benzene rings is 2. The van der Waals surface area contributed by atoms with Gasteiger partial charge >= 0.3 is 0 Å². The quantitative estimate of drug-likeness (QED) is 0.537. The highest BCUT2D eigenvalue weighted by Gasteiger charge is 2.19. The Kier molecular flexibility index (Phi) is 4.53. The van der Waals surface area contributed by atoms with E-state index in [9.17, 15) is 9.18 Å². The van der Waals surface area contributed by atoms with Crippen LogP contribution in [-0.4, -0.2) is 15.7 Å². The first-order chi connectivity index (χ1) is 13.5. The first-order valence-corrected chi connectivity index (χ1v) is 8.82. The average Bonchev–Trinajstić information content (AvgIpc) is 3.30. The molecule has 0 aliphatic heterocycles. The standard InChI is InChI=1S/C22H18FN3O2/c1-14-21(15(2)26(25-14)16-8-4-3-5-9-16)24-22(27)20-13-12-19(28-20)17-10-6-7-11-18(17)23/h3-13H,1-2H3,(H,24,27). The zero-order chi connectivity index (χ0) is 19.7. The van der Waals surface area contributed by atoms with E-state index in [1.165, 1.54) is 12.1 Å². The summed E-state index contributed by atoms with van der Waals surface area (Å²) in [4.78, 5) is 12.7. The lowest BCUT2D eigenvalue weighted by atomic mass is 10.1. The van der Waals surface area contributed by atoms with Crippen LogP contribution < -0.4 is 5.32 Å². The minimum atomic E-state index is -0.415. The number of rotatable bonds is 4. The van der Waals surface area contributed by atoms with Crippen molar-refractivity contribution in [2.45, 2.75) is 13.8 Å². The number of para-hydroxylation sites is 1. The summed E-state index contributed by atoms with van der Waals surface area (Å²) in [5.41, 5.74) is 3.33. The maximum Gasteiger partial charge on any atom is 0.291 e. The van der Waals surface area contributed by atoms with Crippen molar-refractivity contribution in [2.75, 3.05) is 5.32 Å². The van der Waals surface area contributed by atoms with Crippen LogP contribution >= 0.6 is 0 Å². The fourth-order valence-corrected chi connectivity index (χ4v) is 3.09. The molecule has 0 bridgehead atoms. The molecule has 4 aromatic rings. The van der Waals surface area contributed by atoms with E-state index in [-0.39, 0.29) is 5.76 Å². The van der Waals surface area contributed by atoms with E-state index >= 15 is 0 Å². The van der Waals surface area contributed by atoms with Gasteiger partial charge in [-0.05, 0) is 50.2 Å². The Labute approximate surface area is 161 Å². The van der Waals surface area contributed by atoms with Crippen LogP contribution in [0.25, 0.3) is 17.0 Å². The summed E-state index contributed by atoms with van der Waals surface area (Å²) < 4.78 is 21.3. The highest BCUT2D eigenvalue weighted by Crippen LogP contribution is 2.27. The summed E-state index contributed by atoms with van der Waals surface area (Å²) in [6, 6.07) is 19.1. The number of nitrogens with zero attached hydrogens (tertiary/aromatic N) is 2. The number of nitrogens with one attached hydrogen (secondary N) is 1. The monoisotopic (exact) mass is 375 g/mol. The van der Waals surface area contributed by atoms with Crippen molar-refractivity contribution >= 4 is 11.6 Å². The Morgan fingerprint density at radius 3 is 2.46 bits per heavy atom. The highest BCUT2D eigenvalue weighted by molar-refractivity contribution is 6.03. The molecular formula is C22H18FN3O2. The second-order valence-electron chi connectivity index (χ2n) is 6.39. The summed E-state index contributed by atoms with van der Waals surface area (Å²) in [5, 5.41) is 7.37. The Morgan fingerprint density at radius 2 is 1.71 bits per heavy atom. The minimum absolute atomic E-state index is 0.101. The lowest BCUT2D eigenvalue weighted by Gasteiger charge is -2.06. The Hall–Kier alpha value is -3.67. The maximum absolute atomic E-state index is 13.9. The van der Waals surface area contributed by atoms with Crippen LogP contribution in [-0.2, 0) is 0 Å². The third-order valence-electron chi connectivity index (χ3n) is 4.50. The molecule has 0 fully saturated rings. The van der Waals surface area contributed by atoms with Gasteiger partial charge in [-0.2, -0.15) is 5.10 Å². The normalized spacial score (nSPS) is 10.8. The van der Waals surface area contributed by atoms with Crippen LogP contribution in [0.5, 0.6) is 0 Å². The van der Waals surface area contributed by atoms with Gasteiger partial charge in [0.25, 0.3) is 5.91 Å². The number of furan rings is 1. The molecule has 0 saturated carbocycles. The van der Waals surface area contributed by atoms with Gasteiger partial charge in [0.05, 0.1) is 28.3 Å². The van der Waals surface area contributed by atoms with Crippen LogP contribution in [0, 0.1) is 19.7 Å². The summed E-state index contributed by atoms with van der Waals surface area (Å²) >= 11 is 0. The number of anilines is 1. The molecule has 5 nitrogen and oxygen atoms in total. The van der Waals surface area contributed by atoms with E-state index in [1.54, 1.807) is 28.9 Å². The van der Waals surface area contributed by atoms with Gasteiger partial charge in [-0.1, -0.05) is 30.3 Å². The third kappa shape index (κ3) is 3.20. The second-order valence-corrected chi connectivity index (χ2v) is 6.39. The Balaban J connectivity index is 1.60. The van der Waals surface area contributed by atoms with Crippen molar-refractivity contribution in [3.8, 4) is 17.0 Å². The highest BCUT2D eigenvalue weighted by atomic mass is 19.1. The summed E-state index contributed by atoms with van der Waals surface area (Å²) in [5.74, 6) is -0.415. The van der Waals surface area contributed by atoms with E-state index in [4.69, 9.17) is 4.42 Å². The maximum atomic E-state index is 13.9. The SMILES string of the molecule is Cc1nn(-c2ccccc2)c(C)c1NC(=O)c1ccc(-c2ccccc2F)o1. The van der Waals surface area contributed by atoms with Crippen LogP contribution in [0.2, 0.25) is 0 Å². The lowest BCUT2D eigenvalue weighted by molar-refractivity contribution is 0.0997. The minimum Gasteiger partial charge on any atom is -0.451 e. The first-order valence-electron chi connectivity index (χ1n) is 8.82. The molecule has 28 heavy (non-hydrogen) atoms. The van der Waals surface area contributed by atoms with Crippen LogP contribution in [0.1, 0.15) is 21.9 Å². The van der Waals surface area contributed by atoms with Gasteiger partial charge in [0.15, 0.2) is 5.76 Å². The van der Waals surface area contributed by atoms with E-state index in [0.717, 1.165) is 11.4 Å². The van der Waals surface area contributed by atoms with E-state index in [2.05, 4.69) is 10.4 Å². The zero-order valence-corrected chi connectivity index (χ0v) is 15.4. The molecule has 4 rings (SSSR count). The number of aryl methyl sites for hydroxylation is 1. The van der Waals surface area contributed by atoms with Crippen molar-refractivity contribution in [3.63, 3.8) is 0 Å². The van der Waals surface area contributed by atoms with Crippen LogP contribution in [0.4, 0.5) is 10.1 Å². The number of aromatic nitrogens is 2. The van der Waals surface area contributed by atoms with Gasteiger partial charge in [-0.25, -0.2) is 9.07 Å².